The Morgan fingerprint density at radius 3 is 2.02 bits per heavy atom. The van der Waals surface area contributed by atoms with E-state index in [1.54, 1.807) is 42.8 Å². The van der Waals surface area contributed by atoms with E-state index in [9.17, 15) is 28.3 Å². The maximum absolute atomic E-state index is 14.1. The summed E-state index contributed by atoms with van der Waals surface area (Å²) in [5.74, 6) is 2.81. The van der Waals surface area contributed by atoms with Gasteiger partial charge in [-0.05, 0) is 68.5 Å². The smallest absolute Gasteiger partial charge is 0.253 e. The molecule has 0 spiro atoms. The third-order valence-electron chi connectivity index (χ3n) is 6.84. The van der Waals surface area contributed by atoms with E-state index in [2.05, 4.69) is 22.6 Å². The van der Waals surface area contributed by atoms with Crippen LogP contribution in [0.3, 0.4) is 0 Å². The molecular formula is C34H46F2N4O4. The van der Waals surface area contributed by atoms with Gasteiger partial charge in [-0.15, -0.1) is 5.92 Å². The Labute approximate surface area is 260 Å². The van der Waals surface area contributed by atoms with E-state index >= 15 is 0 Å². The van der Waals surface area contributed by atoms with Gasteiger partial charge in [0.15, 0.2) is 0 Å². The fraction of sp³-hybridized carbons (Fsp3) is 0.500. The highest BCUT2D eigenvalue weighted by atomic mass is 19.1. The first-order chi connectivity index (χ1) is 20.9. The largest absolute Gasteiger partial charge is 0.390 e. The van der Waals surface area contributed by atoms with Gasteiger partial charge in [-0.3, -0.25) is 19.8 Å². The van der Waals surface area contributed by atoms with E-state index in [4.69, 9.17) is 0 Å². The van der Waals surface area contributed by atoms with Crippen LogP contribution in [0.4, 0.5) is 8.78 Å². The molecule has 10 heteroatoms. The normalized spacial score (nSPS) is 12.3. The van der Waals surface area contributed by atoms with Crippen molar-refractivity contribution in [3.8, 4) is 11.8 Å². The predicted octanol–water partition coefficient (Wildman–Crippen LogP) is 4.70. The van der Waals surface area contributed by atoms with Crippen molar-refractivity contribution < 1.29 is 28.3 Å². The third kappa shape index (κ3) is 11.4. The molecule has 0 radical (unpaired) electrons. The van der Waals surface area contributed by atoms with Crippen molar-refractivity contribution >= 4 is 17.7 Å². The van der Waals surface area contributed by atoms with Gasteiger partial charge in [-0.25, -0.2) is 13.8 Å². The molecule has 44 heavy (non-hydrogen) atoms. The van der Waals surface area contributed by atoms with Crippen LogP contribution in [-0.2, 0) is 11.2 Å². The molecule has 0 aliphatic heterocycles. The highest BCUT2D eigenvalue weighted by Gasteiger charge is 2.27. The second-order valence-corrected chi connectivity index (χ2v) is 11.2. The minimum absolute atomic E-state index is 0.0525. The Morgan fingerprint density at radius 1 is 0.886 bits per heavy atom. The zero-order chi connectivity index (χ0) is 32.8. The molecule has 2 rings (SSSR count). The fourth-order valence-electron chi connectivity index (χ4n) is 4.75. The Balaban J connectivity index is 2.46. The van der Waals surface area contributed by atoms with Gasteiger partial charge in [0.1, 0.15) is 11.6 Å². The molecule has 0 aromatic heterocycles. The second-order valence-electron chi connectivity index (χ2n) is 11.2. The SMILES string of the molecule is CC#Cc1cc(C(=O)NC(Cc2cc(F)cc(F)c2)C(O)CN(CCC)NC(=O)C(C)C)cc(C(=O)N(CCC)CCC)c1. The van der Waals surface area contributed by atoms with Crippen LogP contribution < -0.4 is 10.7 Å². The molecule has 0 bridgehead atoms. The number of hydrogen-bond acceptors (Lipinski definition) is 5. The highest BCUT2D eigenvalue weighted by Crippen LogP contribution is 2.17. The van der Waals surface area contributed by atoms with Crippen LogP contribution in [0.5, 0.6) is 0 Å². The molecule has 2 aromatic rings. The molecule has 0 aliphatic carbocycles. The number of halogens is 2. The summed E-state index contributed by atoms with van der Waals surface area (Å²) in [5.41, 5.74) is 3.97. The zero-order valence-electron chi connectivity index (χ0n) is 26.7. The summed E-state index contributed by atoms with van der Waals surface area (Å²) >= 11 is 0. The molecule has 2 aromatic carbocycles. The van der Waals surface area contributed by atoms with E-state index in [1.165, 1.54) is 6.07 Å². The monoisotopic (exact) mass is 612 g/mol. The number of carbonyl (C=O) groups excluding carboxylic acids is 3. The van der Waals surface area contributed by atoms with Gasteiger partial charge >= 0.3 is 0 Å². The van der Waals surface area contributed by atoms with Crippen LogP contribution in [0.25, 0.3) is 0 Å². The molecule has 8 nitrogen and oxygen atoms in total. The van der Waals surface area contributed by atoms with Crippen LogP contribution in [0, 0.1) is 29.4 Å². The Morgan fingerprint density at radius 2 is 1.48 bits per heavy atom. The van der Waals surface area contributed by atoms with Gasteiger partial charge in [-0.2, -0.15) is 0 Å². The van der Waals surface area contributed by atoms with Crippen molar-refractivity contribution in [3.05, 3.63) is 70.3 Å². The quantitative estimate of drug-likeness (QED) is 0.189. The number of nitrogens with zero attached hydrogens (tertiary/aromatic N) is 2. The Hall–Kier alpha value is -3.81. The fourth-order valence-corrected chi connectivity index (χ4v) is 4.75. The third-order valence-corrected chi connectivity index (χ3v) is 6.84. The second kappa shape index (κ2) is 18.1. The molecule has 2 atom stereocenters. The van der Waals surface area contributed by atoms with Crippen molar-refractivity contribution in [2.45, 2.75) is 79.4 Å². The average molecular weight is 613 g/mol. The van der Waals surface area contributed by atoms with Crippen LogP contribution in [0.1, 0.15) is 92.6 Å². The number of aliphatic hydroxyl groups is 1. The van der Waals surface area contributed by atoms with Crippen LogP contribution in [0.15, 0.2) is 36.4 Å². The van der Waals surface area contributed by atoms with Crippen LogP contribution >= 0.6 is 0 Å². The number of nitrogens with one attached hydrogen (secondary N) is 2. The molecule has 2 unspecified atom stereocenters. The molecule has 0 aliphatic rings. The average Bonchev–Trinajstić information content (AvgIpc) is 2.95. The summed E-state index contributed by atoms with van der Waals surface area (Å²) in [4.78, 5) is 41.2. The molecule has 3 amide bonds. The first-order valence-corrected chi connectivity index (χ1v) is 15.3. The number of hydrogen-bond donors (Lipinski definition) is 3. The lowest BCUT2D eigenvalue weighted by molar-refractivity contribution is -0.129. The molecule has 3 N–H and O–H groups in total. The summed E-state index contributed by atoms with van der Waals surface area (Å²) in [6.45, 7) is 12.6. The van der Waals surface area contributed by atoms with Gasteiger partial charge in [0.25, 0.3) is 11.8 Å². The maximum atomic E-state index is 14.1. The molecule has 0 heterocycles. The summed E-state index contributed by atoms with van der Waals surface area (Å²) in [6, 6.07) is 6.73. The highest BCUT2D eigenvalue weighted by molar-refractivity contribution is 6.00. The van der Waals surface area contributed by atoms with E-state index in [0.717, 1.165) is 31.0 Å². The van der Waals surface area contributed by atoms with Crippen LogP contribution in [0.2, 0.25) is 0 Å². The molecule has 0 saturated carbocycles. The Kier molecular flexibility index (Phi) is 15.0. The van der Waals surface area contributed by atoms with Crippen molar-refractivity contribution in [1.82, 2.24) is 20.7 Å². The van der Waals surface area contributed by atoms with Crippen molar-refractivity contribution in [1.29, 1.82) is 0 Å². The number of hydrazine groups is 1. The van der Waals surface area contributed by atoms with E-state index in [-0.39, 0.29) is 41.8 Å². The predicted molar refractivity (Wildman–Crippen MR) is 168 cm³/mol. The van der Waals surface area contributed by atoms with Gasteiger partial charge < -0.3 is 15.3 Å². The molecule has 0 saturated heterocycles. The number of rotatable bonds is 16. The number of carbonyl (C=O) groups is 3. The number of benzene rings is 2. The zero-order valence-corrected chi connectivity index (χ0v) is 26.7. The van der Waals surface area contributed by atoms with Gasteiger partial charge in [0.2, 0.25) is 5.91 Å². The van der Waals surface area contributed by atoms with Crippen molar-refractivity contribution in [2.24, 2.45) is 5.92 Å². The maximum Gasteiger partial charge on any atom is 0.253 e. The first-order valence-electron chi connectivity index (χ1n) is 15.3. The van der Waals surface area contributed by atoms with Gasteiger partial charge in [-0.1, -0.05) is 40.5 Å². The molecular weight excluding hydrogens is 566 g/mol. The van der Waals surface area contributed by atoms with Gasteiger partial charge in [0, 0.05) is 54.9 Å². The van der Waals surface area contributed by atoms with Crippen molar-refractivity contribution in [3.63, 3.8) is 0 Å². The lowest BCUT2D eigenvalue weighted by Gasteiger charge is -2.31. The van der Waals surface area contributed by atoms with E-state index < -0.39 is 29.7 Å². The summed E-state index contributed by atoms with van der Waals surface area (Å²) < 4.78 is 28.1. The summed E-state index contributed by atoms with van der Waals surface area (Å²) in [7, 11) is 0. The molecule has 240 valence electrons. The lowest BCUT2D eigenvalue weighted by atomic mass is 9.99. The minimum Gasteiger partial charge on any atom is -0.390 e. The molecule has 0 fully saturated rings. The van der Waals surface area contributed by atoms with E-state index in [0.29, 0.717) is 37.2 Å². The van der Waals surface area contributed by atoms with Crippen LogP contribution in [-0.4, -0.2) is 71.1 Å². The Bertz CT molecular complexity index is 1310. The van der Waals surface area contributed by atoms with Crippen molar-refractivity contribution in [2.75, 3.05) is 26.2 Å². The summed E-state index contributed by atoms with van der Waals surface area (Å²) in [5, 5.41) is 15.7. The van der Waals surface area contributed by atoms with E-state index in [1.807, 2.05) is 20.8 Å². The first kappa shape index (κ1) is 36.4. The standard InChI is InChI=1S/C34H46F2N4O4/c1-7-11-24-15-26(20-27(16-24)34(44)39(12-8-2)13-9-3)33(43)37-30(19-25-17-28(35)21-29(36)18-25)31(41)22-40(14-10-4)38-32(42)23(5)6/h15-18,20-21,23,30-31,41H,8-10,12-14,19,22H2,1-6H3,(H,37,43)(H,38,42). The summed E-state index contributed by atoms with van der Waals surface area (Å²) in [6.07, 6.45) is 0.891. The minimum atomic E-state index is -1.24. The lowest BCUT2D eigenvalue weighted by Crippen LogP contribution is -2.54. The van der Waals surface area contributed by atoms with Gasteiger partial charge in [0.05, 0.1) is 12.1 Å². The topological polar surface area (TPSA) is 102 Å². The number of aliphatic hydroxyl groups excluding tert-OH is 1. The number of amides is 3.